The Balaban J connectivity index is 2.23. The van der Waals surface area contributed by atoms with Crippen LogP contribution in [0.15, 0.2) is 29.2 Å². The van der Waals surface area contributed by atoms with Gasteiger partial charge in [0.2, 0.25) is 21.8 Å². The molecule has 1 aromatic carbocycles. The SMILES string of the molecule is CCC(C)(C)NC(=O)[C@@H](C(C)C)N(C[C@@H]1CCCO1)C(=O)CNS(=O)(=O)c1ccc(F)cc1. The molecule has 1 heterocycles. The largest absolute Gasteiger partial charge is 0.376 e. The van der Waals surface area contributed by atoms with E-state index in [4.69, 9.17) is 4.74 Å². The molecule has 1 fully saturated rings. The first-order chi connectivity index (χ1) is 15.4. The summed E-state index contributed by atoms with van der Waals surface area (Å²) in [4.78, 5) is 27.7. The number of ether oxygens (including phenoxy) is 1. The van der Waals surface area contributed by atoms with Gasteiger partial charge in [0.05, 0.1) is 17.5 Å². The molecule has 0 bridgehead atoms. The molecule has 0 spiro atoms. The van der Waals surface area contributed by atoms with Gasteiger partial charge in [0, 0.05) is 18.7 Å². The summed E-state index contributed by atoms with van der Waals surface area (Å²) in [6.07, 6.45) is 2.13. The summed E-state index contributed by atoms with van der Waals surface area (Å²) in [6, 6.07) is 3.54. The minimum atomic E-state index is -4.03. The molecule has 10 heteroatoms. The average molecular weight is 486 g/mol. The third kappa shape index (κ3) is 7.75. The van der Waals surface area contributed by atoms with Crippen LogP contribution in [0.4, 0.5) is 4.39 Å². The smallest absolute Gasteiger partial charge is 0.243 e. The van der Waals surface area contributed by atoms with Crippen LogP contribution in [0.3, 0.4) is 0 Å². The maximum absolute atomic E-state index is 13.3. The molecule has 1 aromatic rings. The van der Waals surface area contributed by atoms with Gasteiger partial charge in [-0.2, -0.15) is 0 Å². The standard InChI is InChI=1S/C23H36FN3O5S/c1-6-23(4,5)26-22(29)21(16(2)3)27(15-18-8-7-13-32-18)20(28)14-25-33(30,31)19-11-9-17(24)10-12-19/h9-12,16,18,21,25H,6-8,13-15H2,1-5H3,(H,26,29)/t18-,21+/m0/s1. The molecule has 0 aliphatic carbocycles. The van der Waals surface area contributed by atoms with Crippen molar-refractivity contribution in [2.45, 2.75) is 76.5 Å². The lowest BCUT2D eigenvalue weighted by Crippen LogP contribution is -2.59. The van der Waals surface area contributed by atoms with Gasteiger partial charge in [-0.3, -0.25) is 9.59 Å². The first-order valence-electron chi connectivity index (χ1n) is 11.3. The number of amides is 2. The first-order valence-corrected chi connectivity index (χ1v) is 12.8. The molecule has 1 saturated heterocycles. The predicted octanol–water partition coefficient (Wildman–Crippen LogP) is 2.44. The van der Waals surface area contributed by atoms with Crippen LogP contribution in [0, 0.1) is 11.7 Å². The fourth-order valence-corrected chi connectivity index (χ4v) is 4.61. The Morgan fingerprint density at radius 2 is 1.88 bits per heavy atom. The van der Waals surface area contributed by atoms with Gasteiger partial charge in [-0.05, 0) is 63.3 Å². The number of benzene rings is 1. The van der Waals surface area contributed by atoms with Crippen molar-refractivity contribution in [3.05, 3.63) is 30.1 Å². The van der Waals surface area contributed by atoms with Gasteiger partial charge >= 0.3 is 0 Å². The summed E-state index contributed by atoms with van der Waals surface area (Å²) in [5, 5.41) is 3.00. The summed E-state index contributed by atoms with van der Waals surface area (Å²) >= 11 is 0. The van der Waals surface area contributed by atoms with Crippen molar-refractivity contribution in [2.24, 2.45) is 5.92 Å². The van der Waals surface area contributed by atoms with E-state index in [1.54, 1.807) is 0 Å². The molecular formula is C23H36FN3O5S. The highest BCUT2D eigenvalue weighted by Gasteiger charge is 2.36. The zero-order valence-corrected chi connectivity index (χ0v) is 20.9. The molecule has 2 atom stereocenters. The van der Waals surface area contributed by atoms with E-state index in [2.05, 4.69) is 10.0 Å². The minimum absolute atomic E-state index is 0.148. The van der Waals surface area contributed by atoms with E-state index >= 15 is 0 Å². The summed E-state index contributed by atoms with van der Waals surface area (Å²) in [5.74, 6) is -1.59. The van der Waals surface area contributed by atoms with E-state index in [1.165, 1.54) is 4.90 Å². The van der Waals surface area contributed by atoms with Gasteiger partial charge in [-0.25, -0.2) is 17.5 Å². The third-order valence-corrected chi connectivity index (χ3v) is 7.28. The Morgan fingerprint density at radius 1 is 1.24 bits per heavy atom. The molecule has 1 aliphatic heterocycles. The number of hydrogen-bond acceptors (Lipinski definition) is 5. The van der Waals surface area contributed by atoms with Crippen LogP contribution in [-0.4, -0.2) is 62.5 Å². The van der Waals surface area contributed by atoms with E-state index in [0.717, 1.165) is 37.1 Å². The number of rotatable bonds is 11. The lowest BCUT2D eigenvalue weighted by Gasteiger charge is -2.37. The lowest BCUT2D eigenvalue weighted by atomic mass is 9.96. The second-order valence-electron chi connectivity index (χ2n) is 9.38. The zero-order valence-electron chi connectivity index (χ0n) is 20.1. The van der Waals surface area contributed by atoms with Crippen LogP contribution in [0.25, 0.3) is 0 Å². The van der Waals surface area contributed by atoms with Crippen LogP contribution < -0.4 is 10.0 Å². The van der Waals surface area contributed by atoms with E-state index in [-0.39, 0.29) is 29.4 Å². The fraction of sp³-hybridized carbons (Fsp3) is 0.652. The number of halogens is 1. The van der Waals surface area contributed by atoms with Crippen LogP contribution in [0.5, 0.6) is 0 Å². The lowest BCUT2D eigenvalue weighted by molar-refractivity contribution is -0.144. The average Bonchev–Trinajstić information content (AvgIpc) is 3.24. The summed E-state index contributed by atoms with van der Waals surface area (Å²) in [5.41, 5.74) is -0.451. The number of hydrogen-bond donors (Lipinski definition) is 2. The minimum Gasteiger partial charge on any atom is -0.376 e. The van der Waals surface area contributed by atoms with Gasteiger partial charge in [-0.1, -0.05) is 20.8 Å². The van der Waals surface area contributed by atoms with Crippen LogP contribution in [-0.2, 0) is 24.3 Å². The highest BCUT2D eigenvalue weighted by atomic mass is 32.2. The zero-order chi connectivity index (χ0) is 24.8. The number of carbonyl (C=O) groups is 2. The van der Waals surface area contributed by atoms with Crippen molar-refractivity contribution < 1.29 is 27.1 Å². The second-order valence-corrected chi connectivity index (χ2v) is 11.1. The summed E-state index contributed by atoms with van der Waals surface area (Å²) in [7, 11) is -4.03. The second kappa shape index (κ2) is 11.4. The summed E-state index contributed by atoms with van der Waals surface area (Å²) < 4.78 is 46.3. The topological polar surface area (TPSA) is 105 Å². The van der Waals surface area contributed by atoms with Crippen molar-refractivity contribution in [3.8, 4) is 0 Å². The van der Waals surface area contributed by atoms with Gasteiger partial charge in [0.25, 0.3) is 0 Å². The van der Waals surface area contributed by atoms with Crippen molar-refractivity contribution >= 4 is 21.8 Å². The molecule has 0 unspecified atom stereocenters. The van der Waals surface area contributed by atoms with Gasteiger partial charge in [0.15, 0.2) is 0 Å². The third-order valence-electron chi connectivity index (χ3n) is 5.86. The Labute approximate surface area is 196 Å². The Hall–Kier alpha value is -2.04. The molecular weight excluding hydrogens is 449 g/mol. The summed E-state index contributed by atoms with van der Waals surface area (Å²) in [6.45, 7) is 9.73. The van der Waals surface area contributed by atoms with Crippen molar-refractivity contribution in [3.63, 3.8) is 0 Å². The quantitative estimate of drug-likeness (QED) is 0.501. The maximum atomic E-state index is 13.3. The highest BCUT2D eigenvalue weighted by molar-refractivity contribution is 7.89. The van der Waals surface area contributed by atoms with E-state index < -0.39 is 39.9 Å². The van der Waals surface area contributed by atoms with E-state index in [1.807, 2.05) is 34.6 Å². The van der Waals surface area contributed by atoms with E-state index in [0.29, 0.717) is 13.0 Å². The molecule has 0 radical (unpaired) electrons. The Bertz CT molecular complexity index is 913. The maximum Gasteiger partial charge on any atom is 0.243 e. The molecule has 2 N–H and O–H groups in total. The van der Waals surface area contributed by atoms with Gasteiger partial charge < -0.3 is 15.0 Å². The molecule has 8 nitrogen and oxygen atoms in total. The van der Waals surface area contributed by atoms with Crippen molar-refractivity contribution in [1.82, 2.24) is 14.9 Å². The molecule has 1 aliphatic rings. The van der Waals surface area contributed by atoms with Crippen molar-refractivity contribution in [1.29, 1.82) is 0 Å². The monoisotopic (exact) mass is 485 g/mol. The number of sulfonamides is 1. The molecule has 2 rings (SSSR count). The van der Waals surface area contributed by atoms with Crippen molar-refractivity contribution in [2.75, 3.05) is 19.7 Å². The first kappa shape index (κ1) is 27.2. The van der Waals surface area contributed by atoms with Gasteiger partial charge in [-0.15, -0.1) is 0 Å². The number of carbonyl (C=O) groups excluding carboxylic acids is 2. The van der Waals surface area contributed by atoms with Crippen LogP contribution in [0.1, 0.15) is 53.9 Å². The Kier molecular flexibility index (Phi) is 9.39. The van der Waals surface area contributed by atoms with E-state index in [9.17, 15) is 22.4 Å². The van der Waals surface area contributed by atoms with Crippen LogP contribution >= 0.6 is 0 Å². The predicted molar refractivity (Wildman–Crippen MR) is 123 cm³/mol. The fourth-order valence-electron chi connectivity index (χ4n) is 3.63. The molecule has 186 valence electrons. The molecule has 0 aromatic heterocycles. The molecule has 0 saturated carbocycles. The number of nitrogens with zero attached hydrogens (tertiary/aromatic N) is 1. The molecule has 33 heavy (non-hydrogen) atoms. The van der Waals surface area contributed by atoms with Gasteiger partial charge in [0.1, 0.15) is 11.9 Å². The number of nitrogens with one attached hydrogen (secondary N) is 2. The normalized spacial score (nSPS) is 17.7. The highest BCUT2D eigenvalue weighted by Crippen LogP contribution is 2.20. The molecule has 2 amide bonds. The van der Waals surface area contributed by atoms with Crippen LogP contribution in [0.2, 0.25) is 0 Å². The Morgan fingerprint density at radius 3 is 2.39 bits per heavy atom.